The molecule has 0 heterocycles. The SMILES string of the molecule is Cc1ccccc1S(=O)(=O)N[O-]. The molecule has 66 valence electrons. The van der Waals surface area contributed by atoms with Crippen LogP contribution >= 0.6 is 0 Å². The van der Waals surface area contributed by atoms with Gasteiger partial charge in [0.25, 0.3) is 0 Å². The van der Waals surface area contributed by atoms with Crippen LogP contribution in [0.15, 0.2) is 29.2 Å². The molecule has 12 heavy (non-hydrogen) atoms. The van der Waals surface area contributed by atoms with Crippen LogP contribution < -0.4 is 4.89 Å². The molecule has 0 fully saturated rings. The van der Waals surface area contributed by atoms with Crippen LogP contribution in [0.25, 0.3) is 0 Å². The molecule has 1 aromatic carbocycles. The average molecular weight is 186 g/mol. The van der Waals surface area contributed by atoms with E-state index in [-0.39, 0.29) is 4.90 Å². The van der Waals surface area contributed by atoms with E-state index in [0.717, 1.165) is 4.89 Å². The van der Waals surface area contributed by atoms with Crippen LogP contribution in [0, 0.1) is 12.1 Å². The summed E-state index contributed by atoms with van der Waals surface area (Å²) in [6.07, 6.45) is 0. The van der Waals surface area contributed by atoms with Gasteiger partial charge >= 0.3 is 0 Å². The largest absolute Gasteiger partial charge is 0.775 e. The number of hydrogen-bond acceptors (Lipinski definition) is 3. The summed E-state index contributed by atoms with van der Waals surface area (Å²) >= 11 is 0. The summed E-state index contributed by atoms with van der Waals surface area (Å²) in [4.78, 5) is 1.05. The van der Waals surface area contributed by atoms with Crippen LogP contribution in [-0.4, -0.2) is 8.42 Å². The Kier molecular flexibility index (Phi) is 2.46. The number of hydrogen-bond donors (Lipinski definition) is 1. The van der Waals surface area contributed by atoms with Crippen LogP contribution in [0.5, 0.6) is 0 Å². The van der Waals surface area contributed by atoms with Gasteiger partial charge in [-0.1, -0.05) is 18.2 Å². The molecule has 0 spiro atoms. The molecular formula is C7H8NO3S-. The van der Waals surface area contributed by atoms with Gasteiger partial charge in [-0.05, 0) is 18.6 Å². The highest BCUT2D eigenvalue weighted by Crippen LogP contribution is 2.12. The van der Waals surface area contributed by atoms with E-state index in [0.29, 0.717) is 5.56 Å². The summed E-state index contributed by atoms with van der Waals surface area (Å²) in [7, 11) is -3.83. The van der Waals surface area contributed by atoms with Crippen LogP contribution in [0.2, 0.25) is 0 Å². The van der Waals surface area contributed by atoms with Crippen molar-refractivity contribution in [2.45, 2.75) is 11.8 Å². The second-order valence-corrected chi connectivity index (χ2v) is 3.97. The Morgan fingerprint density at radius 2 is 1.92 bits per heavy atom. The fourth-order valence-electron chi connectivity index (χ4n) is 0.903. The quantitative estimate of drug-likeness (QED) is 0.693. The van der Waals surface area contributed by atoms with Gasteiger partial charge in [-0.15, -0.1) is 0 Å². The molecule has 0 aliphatic heterocycles. The van der Waals surface area contributed by atoms with Crippen molar-refractivity contribution < 1.29 is 8.42 Å². The number of sulfonamides is 1. The normalized spacial score (nSPS) is 11.5. The zero-order chi connectivity index (χ0) is 9.19. The van der Waals surface area contributed by atoms with E-state index >= 15 is 0 Å². The molecule has 0 aromatic heterocycles. The highest BCUT2D eigenvalue weighted by Gasteiger charge is 2.10. The number of nitrogens with one attached hydrogen (secondary N) is 1. The maximum absolute atomic E-state index is 11.0. The van der Waals surface area contributed by atoms with Crippen LogP contribution in [0.4, 0.5) is 0 Å². The van der Waals surface area contributed by atoms with Crippen molar-refractivity contribution in [2.75, 3.05) is 0 Å². The molecule has 0 atom stereocenters. The van der Waals surface area contributed by atoms with E-state index < -0.39 is 10.0 Å². The molecule has 0 amide bonds. The third kappa shape index (κ3) is 1.63. The minimum absolute atomic E-state index is 0.0278. The Hall–Kier alpha value is -0.910. The highest BCUT2D eigenvalue weighted by molar-refractivity contribution is 7.89. The van der Waals surface area contributed by atoms with E-state index in [2.05, 4.69) is 0 Å². The van der Waals surface area contributed by atoms with Gasteiger partial charge in [0.15, 0.2) is 0 Å². The highest BCUT2D eigenvalue weighted by atomic mass is 32.2. The summed E-state index contributed by atoms with van der Waals surface area (Å²) in [5, 5.41) is 10.1. The van der Waals surface area contributed by atoms with Gasteiger partial charge in [0.05, 0.1) is 4.90 Å². The summed E-state index contributed by atoms with van der Waals surface area (Å²) < 4.78 is 22.0. The van der Waals surface area contributed by atoms with E-state index in [1.807, 2.05) is 0 Å². The zero-order valence-electron chi connectivity index (χ0n) is 6.44. The third-order valence-electron chi connectivity index (χ3n) is 1.49. The minimum atomic E-state index is -3.83. The lowest BCUT2D eigenvalue weighted by molar-refractivity contribution is 0.590. The Balaban J connectivity index is 3.30. The third-order valence-corrected chi connectivity index (χ3v) is 2.75. The molecular weight excluding hydrogens is 178 g/mol. The Morgan fingerprint density at radius 1 is 1.33 bits per heavy atom. The lowest BCUT2D eigenvalue weighted by Gasteiger charge is -2.10. The van der Waals surface area contributed by atoms with Crippen molar-refractivity contribution >= 4 is 10.0 Å². The van der Waals surface area contributed by atoms with Gasteiger partial charge in [0.2, 0.25) is 10.0 Å². The van der Waals surface area contributed by atoms with Crippen molar-refractivity contribution in [3.8, 4) is 0 Å². The molecule has 4 nitrogen and oxygen atoms in total. The van der Waals surface area contributed by atoms with Crippen molar-refractivity contribution in [3.05, 3.63) is 35.0 Å². The topological polar surface area (TPSA) is 69.2 Å². The summed E-state index contributed by atoms with van der Waals surface area (Å²) in [5.74, 6) is 0. The molecule has 5 heteroatoms. The first-order valence-electron chi connectivity index (χ1n) is 3.27. The van der Waals surface area contributed by atoms with Crippen LogP contribution in [-0.2, 0) is 10.0 Å². The molecule has 0 bridgehead atoms. The van der Waals surface area contributed by atoms with Crippen LogP contribution in [0.3, 0.4) is 0 Å². The molecule has 1 aromatic rings. The van der Waals surface area contributed by atoms with Gasteiger partial charge in [-0.25, -0.2) is 8.42 Å². The molecule has 1 rings (SSSR count). The summed E-state index contributed by atoms with van der Waals surface area (Å²) in [5.41, 5.74) is 0.556. The van der Waals surface area contributed by atoms with Gasteiger partial charge < -0.3 is 5.21 Å². The lowest BCUT2D eigenvalue weighted by Crippen LogP contribution is -2.17. The second kappa shape index (κ2) is 3.22. The maximum atomic E-state index is 11.0. The van der Waals surface area contributed by atoms with Crippen molar-refractivity contribution in [1.82, 2.24) is 4.89 Å². The predicted octanol–water partition coefficient (Wildman–Crippen LogP) is 0.771. The average Bonchev–Trinajstić information content (AvgIpc) is 2.05. The lowest BCUT2D eigenvalue weighted by atomic mass is 10.2. The maximum Gasteiger partial charge on any atom is 0.229 e. The molecule has 0 aliphatic rings. The first-order chi connectivity index (χ1) is 5.58. The van der Waals surface area contributed by atoms with Crippen molar-refractivity contribution in [1.29, 1.82) is 0 Å². The number of benzene rings is 1. The fourth-order valence-corrected chi connectivity index (χ4v) is 1.74. The molecule has 0 unspecified atom stereocenters. The number of aryl methyl sites for hydroxylation is 1. The molecule has 0 aliphatic carbocycles. The molecule has 0 saturated carbocycles. The van der Waals surface area contributed by atoms with Gasteiger partial charge in [0.1, 0.15) is 0 Å². The van der Waals surface area contributed by atoms with E-state index in [1.54, 1.807) is 25.1 Å². The Bertz CT molecular complexity index is 372. The van der Waals surface area contributed by atoms with E-state index in [9.17, 15) is 13.6 Å². The van der Waals surface area contributed by atoms with Gasteiger partial charge in [-0.3, -0.25) is 4.89 Å². The smallest absolute Gasteiger partial charge is 0.229 e. The summed E-state index contributed by atoms with van der Waals surface area (Å²) in [6.45, 7) is 1.63. The zero-order valence-corrected chi connectivity index (χ0v) is 7.26. The van der Waals surface area contributed by atoms with E-state index in [1.165, 1.54) is 6.07 Å². The number of rotatable bonds is 2. The monoisotopic (exact) mass is 186 g/mol. The first-order valence-corrected chi connectivity index (χ1v) is 4.76. The second-order valence-electron chi connectivity index (χ2n) is 2.35. The fraction of sp³-hybridized carbons (Fsp3) is 0.143. The predicted molar refractivity (Wildman–Crippen MR) is 44.9 cm³/mol. The van der Waals surface area contributed by atoms with Gasteiger partial charge in [-0.2, -0.15) is 0 Å². The molecule has 0 radical (unpaired) electrons. The Labute approximate surface area is 70.9 Å². The van der Waals surface area contributed by atoms with Crippen molar-refractivity contribution in [3.63, 3.8) is 0 Å². The summed E-state index contributed by atoms with van der Waals surface area (Å²) in [6, 6.07) is 6.29. The molecule has 0 saturated heterocycles. The Morgan fingerprint density at radius 3 is 2.42 bits per heavy atom. The standard InChI is InChI=1S/C7H8NO3S/c1-6-4-2-3-5-7(6)12(10,11)8-9/h2-5,8H,1H3/q-1. The van der Waals surface area contributed by atoms with E-state index in [4.69, 9.17) is 0 Å². The van der Waals surface area contributed by atoms with Crippen LogP contribution in [0.1, 0.15) is 5.56 Å². The first kappa shape index (κ1) is 9.18. The molecule has 1 N–H and O–H groups in total. The van der Waals surface area contributed by atoms with Crippen molar-refractivity contribution in [2.24, 2.45) is 0 Å². The minimum Gasteiger partial charge on any atom is -0.775 e. The van der Waals surface area contributed by atoms with Gasteiger partial charge in [0, 0.05) is 0 Å².